The molecule has 0 saturated heterocycles. The number of nitrogens with zero attached hydrogens (tertiary/aromatic N) is 1. The van der Waals surface area contributed by atoms with Crippen molar-refractivity contribution in [2.45, 2.75) is 26.3 Å². The lowest BCUT2D eigenvalue weighted by Gasteiger charge is -2.06. The van der Waals surface area contributed by atoms with Crippen LogP contribution in [0.1, 0.15) is 25.1 Å². The Kier molecular flexibility index (Phi) is 6.05. The maximum Gasteiger partial charge on any atom is 0.250 e. The van der Waals surface area contributed by atoms with Gasteiger partial charge in [-0.25, -0.2) is 4.98 Å². The first-order valence-electron chi connectivity index (χ1n) is 7.31. The van der Waals surface area contributed by atoms with Crippen LogP contribution in [0.25, 0.3) is 6.08 Å². The molecule has 2 rings (SSSR count). The zero-order chi connectivity index (χ0) is 16.7. The fraction of sp³-hybridized carbons (Fsp3) is 0.235. The molecule has 120 valence electrons. The van der Waals surface area contributed by atoms with E-state index >= 15 is 0 Å². The first-order chi connectivity index (χ1) is 11.0. The molecule has 2 N–H and O–H groups in total. The number of carbonyl (C=O) groups is 2. The Hall–Kier alpha value is -2.47. The lowest BCUT2D eigenvalue weighted by atomic mass is 10.2. The van der Waals surface area contributed by atoms with Gasteiger partial charge in [0.25, 0.3) is 0 Å². The van der Waals surface area contributed by atoms with Crippen molar-refractivity contribution in [3.8, 4) is 0 Å². The van der Waals surface area contributed by atoms with Crippen LogP contribution in [0, 0.1) is 0 Å². The van der Waals surface area contributed by atoms with Crippen LogP contribution >= 0.6 is 11.3 Å². The normalized spacial score (nSPS) is 10.9. The highest BCUT2D eigenvalue weighted by Gasteiger charge is 2.09. The summed E-state index contributed by atoms with van der Waals surface area (Å²) in [5.41, 5.74) is 1.60. The molecule has 0 unspecified atom stereocenters. The number of amides is 2. The zero-order valence-electron chi connectivity index (χ0n) is 13.1. The van der Waals surface area contributed by atoms with Crippen LogP contribution in [0.4, 0.5) is 5.13 Å². The van der Waals surface area contributed by atoms with Crippen molar-refractivity contribution in [2.75, 3.05) is 5.32 Å². The second kappa shape index (κ2) is 8.24. The maximum atomic E-state index is 11.9. The average Bonchev–Trinajstić information content (AvgIpc) is 2.92. The third-order valence-electron chi connectivity index (χ3n) is 2.80. The van der Waals surface area contributed by atoms with Crippen molar-refractivity contribution >= 4 is 34.4 Å². The van der Waals surface area contributed by atoms with E-state index < -0.39 is 0 Å². The highest BCUT2D eigenvalue weighted by molar-refractivity contribution is 7.14. The Morgan fingerprint density at radius 1 is 1.26 bits per heavy atom. The summed E-state index contributed by atoms with van der Waals surface area (Å²) in [5, 5.41) is 7.76. The number of aromatic nitrogens is 1. The molecule has 23 heavy (non-hydrogen) atoms. The van der Waals surface area contributed by atoms with Crippen LogP contribution in [0.3, 0.4) is 0 Å². The third-order valence-corrected chi connectivity index (χ3v) is 3.61. The Balaban J connectivity index is 1.87. The summed E-state index contributed by atoms with van der Waals surface area (Å²) in [6.07, 6.45) is 3.41. The van der Waals surface area contributed by atoms with Gasteiger partial charge in [0.05, 0.1) is 12.1 Å². The van der Waals surface area contributed by atoms with Gasteiger partial charge in [-0.1, -0.05) is 30.3 Å². The summed E-state index contributed by atoms with van der Waals surface area (Å²) in [6, 6.07) is 9.67. The second-order valence-corrected chi connectivity index (χ2v) is 6.13. The van der Waals surface area contributed by atoms with Gasteiger partial charge in [0.2, 0.25) is 11.8 Å². The fourth-order valence-corrected chi connectivity index (χ4v) is 2.58. The molecule has 0 aliphatic heterocycles. The molecule has 0 saturated carbocycles. The summed E-state index contributed by atoms with van der Waals surface area (Å²) >= 11 is 1.30. The minimum atomic E-state index is -0.249. The Labute approximate surface area is 139 Å². The van der Waals surface area contributed by atoms with E-state index in [0.717, 1.165) is 5.56 Å². The molecule has 0 aliphatic rings. The van der Waals surface area contributed by atoms with Gasteiger partial charge in [0, 0.05) is 17.5 Å². The summed E-state index contributed by atoms with van der Waals surface area (Å²) in [4.78, 5) is 27.8. The quantitative estimate of drug-likeness (QED) is 0.801. The number of carbonyl (C=O) groups excluding carboxylic acids is 2. The Morgan fingerprint density at radius 3 is 2.70 bits per heavy atom. The van der Waals surface area contributed by atoms with Crippen molar-refractivity contribution < 1.29 is 9.59 Å². The molecular weight excluding hydrogens is 310 g/mol. The Morgan fingerprint density at radius 2 is 2.00 bits per heavy atom. The molecule has 0 fully saturated rings. The highest BCUT2D eigenvalue weighted by Crippen LogP contribution is 2.16. The first kappa shape index (κ1) is 16.9. The number of nitrogens with one attached hydrogen (secondary N) is 2. The van der Waals surface area contributed by atoms with E-state index in [0.29, 0.717) is 10.8 Å². The van der Waals surface area contributed by atoms with Gasteiger partial charge in [0.15, 0.2) is 5.13 Å². The molecule has 1 aromatic carbocycles. The van der Waals surface area contributed by atoms with E-state index in [-0.39, 0.29) is 24.3 Å². The molecule has 0 radical (unpaired) electrons. The molecule has 6 heteroatoms. The standard InChI is InChI=1S/C17H19N3O2S/c1-12(2)18-16(22)10-14-11-23-17(19-14)20-15(21)9-8-13-6-4-3-5-7-13/h3-9,11-12H,10H2,1-2H3,(H,18,22)(H,19,20,21)/b9-8+. The van der Waals surface area contributed by atoms with E-state index in [4.69, 9.17) is 0 Å². The van der Waals surface area contributed by atoms with Gasteiger partial charge in [0.1, 0.15) is 0 Å². The van der Waals surface area contributed by atoms with E-state index in [1.165, 1.54) is 17.4 Å². The zero-order valence-corrected chi connectivity index (χ0v) is 13.9. The monoisotopic (exact) mass is 329 g/mol. The predicted octanol–water partition coefficient (Wildman–Crippen LogP) is 2.86. The molecule has 1 aromatic heterocycles. The number of thiazole rings is 1. The molecule has 0 atom stereocenters. The van der Waals surface area contributed by atoms with Gasteiger partial charge in [-0.05, 0) is 25.5 Å². The van der Waals surface area contributed by atoms with Crippen LogP contribution in [-0.2, 0) is 16.0 Å². The summed E-state index contributed by atoms with van der Waals surface area (Å²) in [5.74, 6) is -0.325. The number of benzene rings is 1. The Bertz CT molecular complexity index is 693. The van der Waals surface area contributed by atoms with Crippen molar-refractivity contribution in [3.05, 3.63) is 53.0 Å². The van der Waals surface area contributed by atoms with Gasteiger partial charge < -0.3 is 5.32 Å². The summed E-state index contributed by atoms with van der Waals surface area (Å²) in [6.45, 7) is 3.81. The third kappa shape index (κ3) is 6.04. The average molecular weight is 329 g/mol. The van der Waals surface area contributed by atoms with Crippen molar-refractivity contribution in [1.29, 1.82) is 0 Å². The van der Waals surface area contributed by atoms with E-state index in [2.05, 4.69) is 15.6 Å². The van der Waals surface area contributed by atoms with Gasteiger partial charge in [-0.15, -0.1) is 11.3 Å². The minimum Gasteiger partial charge on any atom is -0.354 e. The largest absolute Gasteiger partial charge is 0.354 e. The lowest BCUT2D eigenvalue weighted by molar-refractivity contribution is -0.121. The van der Waals surface area contributed by atoms with Gasteiger partial charge in [-0.3, -0.25) is 14.9 Å². The van der Waals surface area contributed by atoms with E-state index in [1.54, 1.807) is 11.5 Å². The van der Waals surface area contributed by atoms with E-state index in [1.807, 2.05) is 44.2 Å². The van der Waals surface area contributed by atoms with Crippen LogP contribution in [0.5, 0.6) is 0 Å². The molecule has 0 aliphatic carbocycles. The molecule has 2 amide bonds. The molecule has 5 nitrogen and oxygen atoms in total. The van der Waals surface area contributed by atoms with Crippen molar-refractivity contribution in [2.24, 2.45) is 0 Å². The SMILES string of the molecule is CC(C)NC(=O)Cc1csc(NC(=O)/C=C/c2ccccc2)n1. The summed E-state index contributed by atoms with van der Waals surface area (Å²) < 4.78 is 0. The topological polar surface area (TPSA) is 71.1 Å². The van der Waals surface area contributed by atoms with Gasteiger partial charge in [-0.2, -0.15) is 0 Å². The maximum absolute atomic E-state index is 11.9. The molecule has 2 aromatic rings. The van der Waals surface area contributed by atoms with Crippen molar-refractivity contribution in [1.82, 2.24) is 10.3 Å². The van der Waals surface area contributed by atoms with Crippen LogP contribution in [-0.4, -0.2) is 22.8 Å². The molecule has 0 spiro atoms. The molecule has 0 bridgehead atoms. The van der Waals surface area contributed by atoms with Crippen LogP contribution in [0.2, 0.25) is 0 Å². The number of anilines is 1. The summed E-state index contributed by atoms with van der Waals surface area (Å²) in [7, 11) is 0. The minimum absolute atomic E-state index is 0.0767. The lowest BCUT2D eigenvalue weighted by Crippen LogP contribution is -2.31. The van der Waals surface area contributed by atoms with Crippen LogP contribution < -0.4 is 10.6 Å². The van der Waals surface area contributed by atoms with Crippen LogP contribution in [0.15, 0.2) is 41.8 Å². The fourth-order valence-electron chi connectivity index (χ4n) is 1.87. The highest BCUT2D eigenvalue weighted by atomic mass is 32.1. The smallest absolute Gasteiger partial charge is 0.250 e. The molecular formula is C17H19N3O2S. The number of hydrogen-bond acceptors (Lipinski definition) is 4. The van der Waals surface area contributed by atoms with Gasteiger partial charge >= 0.3 is 0 Å². The predicted molar refractivity (Wildman–Crippen MR) is 93.2 cm³/mol. The number of rotatable bonds is 6. The number of hydrogen-bond donors (Lipinski definition) is 2. The first-order valence-corrected chi connectivity index (χ1v) is 8.19. The van der Waals surface area contributed by atoms with Crippen molar-refractivity contribution in [3.63, 3.8) is 0 Å². The van der Waals surface area contributed by atoms with E-state index in [9.17, 15) is 9.59 Å². The second-order valence-electron chi connectivity index (χ2n) is 5.28. The molecule has 1 heterocycles.